The number of hydrogen-bond donors (Lipinski definition) is 0. The number of para-hydroxylation sites is 3. The number of fused-ring (bicyclic) bond motifs is 17. The second-order valence-electron chi connectivity index (χ2n) is 23.2. The molecule has 0 amide bonds. The van der Waals surface area contributed by atoms with Crippen LogP contribution in [0.5, 0.6) is 0 Å². The van der Waals surface area contributed by atoms with Crippen LogP contribution in [0.15, 0.2) is 292 Å². The Labute approximate surface area is 519 Å². The van der Waals surface area contributed by atoms with Gasteiger partial charge in [-0.25, -0.2) is 19.8 Å². The van der Waals surface area contributed by atoms with Gasteiger partial charge in [0.15, 0.2) is 17.5 Å². The number of furan rings is 3. The second kappa shape index (κ2) is 19.7. The summed E-state index contributed by atoms with van der Waals surface area (Å²) in [5.41, 5.74) is 18.1. The molecular formula is C82H46N6O3. The molecule has 0 aliphatic carbocycles. The van der Waals surface area contributed by atoms with E-state index in [1.54, 1.807) is 0 Å². The molecule has 422 valence electrons. The summed E-state index contributed by atoms with van der Waals surface area (Å²) < 4.78 is 25.3. The minimum atomic E-state index is 0.368. The van der Waals surface area contributed by atoms with Gasteiger partial charge in [0.2, 0.25) is 5.69 Å². The van der Waals surface area contributed by atoms with Crippen LogP contribution >= 0.6 is 0 Å². The molecule has 0 unspecified atom stereocenters. The fourth-order valence-electron chi connectivity index (χ4n) is 14.1. The smallest absolute Gasteiger partial charge is 0.213 e. The summed E-state index contributed by atoms with van der Waals surface area (Å²) in [6.45, 7) is 9.71. The van der Waals surface area contributed by atoms with E-state index in [-0.39, 0.29) is 0 Å². The van der Waals surface area contributed by atoms with Gasteiger partial charge >= 0.3 is 0 Å². The van der Waals surface area contributed by atoms with Crippen molar-refractivity contribution < 1.29 is 13.3 Å². The van der Waals surface area contributed by atoms with E-state index in [1.807, 2.05) is 103 Å². The van der Waals surface area contributed by atoms with Crippen molar-refractivity contribution in [3.8, 4) is 78.9 Å². The highest BCUT2D eigenvalue weighted by atomic mass is 16.3. The Balaban J connectivity index is 1.01. The summed E-state index contributed by atoms with van der Waals surface area (Å²) in [7, 11) is 0. The summed E-state index contributed by atoms with van der Waals surface area (Å²) in [6, 6.07) is 96.4. The Morgan fingerprint density at radius 3 is 1.23 bits per heavy atom. The van der Waals surface area contributed by atoms with Crippen molar-refractivity contribution in [1.82, 2.24) is 24.1 Å². The molecule has 6 aromatic heterocycles. The number of hydrogen-bond acceptors (Lipinski definition) is 6. The van der Waals surface area contributed by atoms with Gasteiger partial charge in [-0.15, -0.1) is 0 Å². The zero-order valence-electron chi connectivity index (χ0n) is 48.5. The van der Waals surface area contributed by atoms with Gasteiger partial charge in [0, 0.05) is 65.3 Å². The van der Waals surface area contributed by atoms with Gasteiger partial charge in [-0.2, -0.15) is 0 Å². The van der Waals surface area contributed by atoms with E-state index < -0.39 is 0 Å². The van der Waals surface area contributed by atoms with E-state index in [2.05, 4.69) is 185 Å². The molecule has 0 N–H and O–H groups in total. The highest BCUT2D eigenvalue weighted by Gasteiger charge is 2.32. The normalized spacial score (nSPS) is 11.9. The first kappa shape index (κ1) is 50.5. The van der Waals surface area contributed by atoms with Crippen molar-refractivity contribution >= 4 is 115 Å². The fourth-order valence-corrected chi connectivity index (χ4v) is 14.1. The molecule has 0 fully saturated rings. The molecule has 0 saturated carbocycles. The van der Waals surface area contributed by atoms with Gasteiger partial charge in [-0.1, -0.05) is 194 Å². The van der Waals surface area contributed by atoms with E-state index >= 15 is 0 Å². The molecule has 9 heteroatoms. The van der Waals surface area contributed by atoms with E-state index in [9.17, 15) is 6.57 Å². The average molecular weight is 1160 g/mol. The van der Waals surface area contributed by atoms with Crippen molar-refractivity contribution in [2.24, 2.45) is 0 Å². The molecule has 0 spiro atoms. The third-order valence-corrected chi connectivity index (χ3v) is 18.2. The molecule has 0 aliphatic rings. The van der Waals surface area contributed by atoms with Gasteiger partial charge in [0.1, 0.15) is 33.5 Å². The number of rotatable bonds is 8. The minimum Gasteiger partial charge on any atom is -0.456 e. The van der Waals surface area contributed by atoms with Crippen molar-refractivity contribution in [3.63, 3.8) is 0 Å². The van der Waals surface area contributed by atoms with Crippen LogP contribution in [0.3, 0.4) is 0 Å². The molecular weight excluding hydrogens is 1120 g/mol. The first-order chi connectivity index (χ1) is 45.1. The highest BCUT2D eigenvalue weighted by molar-refractivity contribution is 6.27. The van der Waals surface area contributed by atoms with Crippen molar-refractivity contribution in [2.75, 3.05) is 0 Å². The third-order valence-electron chi connectivity index (χ3n) is 18.2. The average Bonchev–Trinajstić information content (AvgIpc) is 1.87. The maximum Gasteiger partial charge on any atom is 0.213 e. The van der Waals surface area contributed by atoms with Gasteiger partial charge in [0.05, 0.1) is 50.8 Å². The summed E-state index contributed by atoms with van der Waals surface area (Å²) in [6.07, 6.45) is 0. The Bertz CT molecular complexity index is 6270. The van der Waals surface area contributed by atoms with E-state index in [0.717, 1.165) is 160 Å². The molecule has 6 heterocycles. The molecule has 0 saturated heterocycles. The molecule has 91 heavy (non-hydrogen) atoms. The first-order valence-corrected chi connectivity index (χ1v) is 30.3. The molecule has 13 aromatic carbocycles. The molecule has 19 rings (SSSR count). The van der Waals surface area contributed by atoms with Crippen molar-refractivity contribution in [1.29, 1.82) is 0 Å². The summed E-state index contributed by atoms with van der Waals surface area (Å²) in [4.78, 5) is 21.0. The van der Waals surface area contributed by atoms with E-state index in [0.29, 0.717) is 34.4 Å². The van der Waals surface area contributed by atoms with Crippen molar-refractivity contribution in [2.45, 2.75) is 0 Å². The summed E-state index contributed by atoms with van der Waals surface area (Å²) in [5, 5.41) is 9.91. The maximum absolute atomic E-state index is 9.71. The monoisotopic (exact) mass is 1160 g/mol. The van der Waals surface area contributed by atoms with Gasteiger partial charge < -0.3 is 22.4 Å². The fraction of sp³-hybridized carbons (Fsp3) is 0. The lowest BCUT2D eigenvalue weighted by molar-refractivity contribution is 0.669. The van der Waals surface area contributed by atoms with E-state index in [1.165, 1.54) is 0 Å². The second-order valence-corrected chi connectivity index (χ2v) is 23.2. The zero-order chi connectivity index (χ0) is 59.8. The third kappa shape index (κ3) is 7.67. The number of aromatic nitrogens is 5. The lowest BCUT2D eigenvalue weighted by atomic mass is 9.93. The van der Waals surface area contributed by atoms with Crippen LogP contribution in [0.2, 0.25) is 0 Å². The molecule has 0 bridgehead atoms. The summed E-state index contributed by atoms with van der Waals surface area (Å²) >= 11 is 0. The van der Waals surface area contributed by atoms with Crippen molar-refractivity contribution in [3.05, 3.63) is 290 Å². The summed E-state index contributed by atoms with van der Waals surface area (Å²) in [5.74, 6) is 1.31. The molecule has 19 aromatic rings. The largest absolute Gasteiger partial charge is 0.456 e. The predicted molar refractivity (Wildman–Crippen MR) is 369 cm³/mol. The van der Waals surface area contributed by atoms with Crippen LogP contribution in [0, 0.1) is 6.57 Å². The van der Waals surface area contributed by atoms with Crippen LogP contribution in [-0.4, -0.2) is 24.1 Å². The molecule has 0 atom stereocenters. The standard InChI is InChI=1S/C82H46N6O3/c1-83-64-47-63(82-85-80(51-26-12-5-13-27-51)84-81(86-82)54-34-37-58-55-28-14-17-31-69(55)89-72(58)46-54)73(50-24-10-4-11-25-50)77(88-66-41-36-53(49-22-8-3-9-23-49)45-62(66)75-68(88)43-39-60-57-30-16-19-33-71(57)91-79(60)75)76(64)87-65-40-35-52(48-20-6-2-7-21-48)44-61(65)74-67(87)42-38-59-56-29-15-18-32-70(56)90-78(59)74/h2-47H. The molecule has 0 radical (unpaired) electrons. The Kier molecular flexibility index (Phi) is 10.9. The van der Waals surface area contributed by atoms with Crippen LogP contribution in [0.1, 0.15) is 0 Å². The highest BCUT2D eigenvalue weighted by Crippen LogP contribution is 2.52. The Morgan fingerprint density at radius 1 is 0.286 bits per heavy atom. The Morgan fingerprint density at radius 2 is 0.692 bits per heavy atom. The topological polar surface area (TPSA) is 92.3 Å². The minimum absolute atomic E-state index is 0.368. The molecule has 9 nitrogen and oxygen atoms in total. The maximum atomic E-state index is 9.71. The number of benzene rings is 13. The molecule has 0 aliphatic heterocycles. The zero-order valence-corrected chi connectivity index (χ0v) is 48.5. The Hall–Kier alpha value is -12.6. The predicted octanol–water partition coefficient (Wildman–Crippen LogP) is 22.3. The van der Waals surface area contributed by atoms with Crippen LogP contribution in [0.4, 0.5) is 5.69 Å². The van der Waals surface area contributed by atoms with E-state index in [4.69, 9.17) is 33.0 Å². The van der Waals surface area contributed by atoms with Gasteiger partial charge in [0.25, 0.3) is 0 Å². The number of nitrogens with zero attached hydrogens (tertiary/aromatic N) is 6. The van der Waals surface area contributed by atoms with Gasteiger partial charge in [-0.3, -0.25) is 0 Å². The van der Waals surface area contributed by atoms with Crippen LogP contribution in [-0.2, 0) is 0 Å². The van der Waals surface area contributed by atoms with Gasteiger partial charge in [-0.05, 0) is 113 Å². The SMILES string of the molecule is [C-]#[N+]c1cc(-c2nc(-c3ccccc3)nc(-c3ccc4c(c3)oc3ccccc34)n2)c(-c2ccccc2)c(-n2c3ccc(-c4ccccc4)cc3c3c4oc5ccccc5c4ccc32)c1-n1c2ccc(-c3ccccc3)cc2c2c3oc4ccccc4c3ccc21. The van der Waals surface area contributed by atoms with Crippen LogP contribution in [0.25, 0.3) is 193 Å². The first-order valence-electron chi connectivity index (χ1n) is 30.3. The van der Waals surface area contributed by atoms with Crippen LogP contribution < -0.4 is 0 Å². The lowest BCUT2D eigenvalue weighted by Crippen LogP contribution is -2.09. The lowest BCUT2D eigenvalue weighted by Gasteiger charge is -2.25. The quantitative estimate of drug-likeness (QED) is 0.141.